The van der Waals surface area contributed by atoms with Crippen molar-refractivity contribution in [2.45, 2.75) is 31.8 Å². The van der Waals surface area contributed by atoms with E-state index >= 15 is 0 Å². The van der Waals surface area contributed by atoms with Crippen molar-refractivity contribution in [1.82, 2.24) is 15.2 Å². The van der Waals surface area contributed by atoms with Gasteiger partial charge >= 0.3 is 0 Å². The number of fused-ring (bicyclic) bond motifs is 4. The van der Waals surface area contributed by atoms with Crippen LogP contribution in [0.1, 0.15) is 34.5 Å². The minimum Gasteiger partial charge on any atom is -0.357 e. The highest BCUT2D eigenvalue weighted by Gasteiger charge is 2.30. The van der Waals surface area contributed by atoms with Gasteiger partial charge in [0.25, 0.3) is 5.91 Å². The Balaban J connectivity index is 1.26. The maximum Gasteiger partial charge on any atom is 0.254 e. The zero-order valence-electron chi connectivity index (χ0n) is 16.7. The van der Waals surface area contributed by atoms with Crippen LogP contribution in [0.25, 0.3) is 10.9 Å². The minimum absolute atomic E-state index is 0.0150. The number of carbonyl (C=O) groups excluding carboxylic acids is 3. The fourth-order valence-electron chi connectivity index (χ4n) is 4.36. The Morgan fingerprint density at radius 1 is 1.13 bits per heavy atom. The van der Waals surface area contributed by atoms with Gasteiger partial charge in [-0.25, -0.2) is 0 Å². The van der Waals surface area contributed by atoms with Crippen LogP contribution >= 0.6 is 15.9 Å². The summed E-state index contributed by atoms with van der Waals surface area (Å²) in [6, 6.07) is 12.2. The molecule has 3 heterocycles. The van der Waals surface area contributed by atoms with E-state index < -0.39 is 6.04 Å². The monoisotopic (exact) mass is 480 g/mol. The summed E-state index contributed by atoms with van der Waals surface area (Å²) in [4.78, 5) is 43.3. The van der Waals surface area contributed by atoms with Crippen molar-refractivity contribution in [2.75, 3.05) is 11.9 Å². The Bertz CT molecular complexity index is 1220. The van der Waals surface area contributed by atoms with E-state index in [9.17, 15) is 14.4 Å². The van der Waals surface area contributed by atoms with Crippen LogP contribution in [0.15, 0.2) is 46.9 Å². The lowest BCUT2D eigenvalue weighted by molar-refractivity contribution is -0.132. The van der Waals surface area contributed by atoms with Gasteiger partial charge in [0.1, 0.15) is 6.04 Å². The van der Waals surface area contributed by atoms with Gasteiger partial charge in [-0.1, -0.05) is 24.3 Å². The van der Waals surface area contributed by atoms with E-state index in [4.69, 9.17) is 0 Å². The molecule has 3 N–H and O–H groups in total. The summed E-state index contributed by atoms with van der Waals surface area (Å²) in [6.07, 6.45) is 1.21. The number of nitrogens with one attached hydrogen (secondary N) is 3. The summed E-state index contributed by atoms with van der Waals surface area (Å²) in [7, 11) is 0. The van der Waals surface area contributed by atoms with Gasteiger partial charge in [0, 0.05) is 47.0 Å². The van der Waals surface area contributed by atoms with Crippen LogP contribution in [0.4, 0.5) is 5.69 Å². The van der Waals surface area contributed by atoms with Crippen molar-refractivity contribution >= 4 is 50.2 Å². The van der Waals surface area contributed by atoms with E-state index in [1.54, 1.807) is 24.3 Å². The fraction of sp³-hybridized carbons (Fsp3) is 0.261. The van der Waals surface area contributed by atoms with Crippen molar-refractivity contribution in [1.29, 1.82) is 0 Å². The summed E-state index contributed by atoms with van der Waals surface area (Å²) in [5, 5.41) is 6.66. The lowest BCUT2D eigenvalue weighted by Crippen LogP contribution is -2.42. The van der Waals surface area contributed by atoms with Crippen LogP contribution in [-0.4, -0.2) is 40.2 Å². The Morgan fingerprint density at radius 3 is 2.84 bits per heavy atom. The second-order valence-electron chi connectivity index (χ2n) is 7.91. The molecule has 0 radical (unpaired) electrons. The zero-order valence-corrected chi connectivity index (χ0v) is 18.3. The third kappa shape index (κ3) is 3.61. The van der Waals surface area contributed by atoms with Crippen molar-refractivity contribution in [2.24, 2.45) is 0 Å². The molecule has 3 amide bonds. The lowest BCUT2D eigenvalue weighted by atomic mass is 10.0. The third-order valence-electron chi connectivity index (χ3n) is 6.01. The van der Waals surface area contributed by atoms with E-state index in [2.05, 4.69) is 37.6 Å². The molecule has 2 aliphatic heterocycles. The summed E-state index contributed by atoms with van der Waals surface area (Å²) in [6.45, 7) is 1.17. The molecule has 158 valence electrons. The molecule has 1 atom stereocenters. The number of benzene rings is 2. The maximum absolute atomic E-state index is 12.9. The quantitative estimate of drug-likeness (QED) is 0.536. The number of amides is 3. The number of para-hydroxylation sites is 2. The van der Waals surface area contributed by atoms with Gasteiger partial charge in [-0.3, -0.25) is 14.4 Å². The zero-order chi connectivity index (χ0) is 21.5. The number of rotatable bonds is 3. The highest BCUT2D eigenvalue weighted by molar-refractivity contribution is 9.10. The predicted octanol–water partition coefficient (Wildman–Crippen LogP) is 3.35. The average Bonchev–Trinajstić information content (AvgIpc) is 3.10. The Morgan fingerprint density at radius 2 is 1.97 bits per heavy atom. The number of H-pyrrole nitrogens is 1. The van der Waals surface area contributed by atoms with Gasteiger partial charge in [-0.05, 0) is 40.5 Å². The largest absolute Gasteiger partial charge is 0.357 e. The summed E-state index contributed by atoms with van der Waals surface area (Å²) >= 11 is 3.58. The molecule has 0 fully saturated rings. The molecular formula is C23H21BrN4O3. The summed E-state index contributed by atoms with van der Waals surface area (Å²) in [5.41, 5.74) is 4.29. The number of hydrogen-bond acceptors (Lipinski definition) is 3. The molecule has 7 nitrogen and oxygen atoms in total. The van der Waals surface area contributed by atoms with Crippen LogP contribution in [0, 0.1) is 0 Å². The van der Waals surface area contributed by atoms with Gasteiger partial charge in [-0.2, -0.15) is 0 Å². The molecule has 2 aliphatic rings. The highest BCUT2D eigenvalue weighted by atomic mass is 79.9. The molecule has 31 heavy (non-hydrogen) atoms. The Hall–Kier alpha value is -3.13. The third-order valence-corrected chi connectivity index (χ3v) is 6.67. The second-order valence-corrected chi connectivity index (χ2v) is 8.76. The topological polar surface area (TPSA) is 94.3 Å². The summed E-state index contributed by atoms with van der Waals surface area (Å²) < 4.78 is 1.01. The molecule has 0 aliphatic carbocycles. The van der Waals surface area contributed by atoms with Crippen molar-refractivity contribution in [3.05, 3.63) is 63.8 Å². The number of nitrogens with zero attached hydrogens (tertiary/aromatic N) is 1. The molecule has 0 spiro atoms. The SMILES string of the molecule is O=C1N[C@@H](CCC(=O)N2CCc3[nH]c4c(Br)cccc4c3C2)C(=O)Nc2ccccc21. The fourth-order valence-corrected chi connectivity index (χ4v) is 4.82. The van der Waals surface area contributed by atoms with Crippen molar-refractivity contribution < 1.29 is 14.4 Å². The van der Waals surface area contributed by atoms with Crippen LogP contribution in [0.5, 0.6) is 0 Å². The molecular weight excluding hydrogens is 460 g/mol. The number of aromatic nitrogens is 1. The molecule has 0 bridgehead atoms. The number of halogens is 1. The van der Waals surface area contributed by atoms with Gasteiger partial charge in [0.2, 0.25) is 11.8 Å². The van der Waals surface area contributed by atoms with Gasteiger partial charge in [0.15, 0.2) is 0 Å². The first-order valence-electron chi connectivity index (χ1n) is 10.3. The van der Waals surface area contributed by atoms with E-state index in [1.165, 1.54) is 5.69 Å². The molecule has 0 saturated carbocycles. The highest BCUT2D eigenvalue weighted by Crippen LogP contribution is 2.32. The van der Waals surface area contributed by atoms with E-state index in [-0.39, 0.29) is 30.6 Å². The van der Waals surface area contributed by atoms with E-state index in [0.29, 0.717) is 24.3 Å². The first-order valence-corrected chi connectivity index (χ1v) is 11.1. The van der Waals surface area contributed by atoms with Gasteiger partial charge < -0.3 is 20.5 Å². The molecule has 0 saturated heterocycles. The summed E-state index contributed by atoms with van der Waals surface area (Å²) in [5.74, 6) is -0.620. The lowest BCUT2D eigenvalue weighted by Gasteiger charge is -2.28. The van der Waals surface area contributed by atoms with Crippen LogP contribution in [-0.2, 0) is 22.6 Å². The van der Waals surface area contributed by atoms with Crippen LogP contribution < -0.4 is 10.6 Å². The van der Waals surface area contributed by atoms with Crippen molar-refractivity contribution in [3.8, 4) is 0 Å². The van der Waals surface area contributed by atoms with E-state index in [0.717, 1.165) is 27.4 Å². The first kappa shape index (κ1) is 19.8. The Labute approximate surface area is 187 Å². The number of aromatic amines is 1. The van der Waals surface area contributed by atoms with Crippen LogP contribution in [0.3, 0.4) is 0 Å². The normalized spacial score (nSPS) is 18.1. The molecule has 5 rings (SSSR count). The minimum atomic E-state index is -0.742. The number of hydrogen-bond donors (Lipinski definition) is 3. The van der Waals surface area contributed by atoms with Gasteiger partial charge in [0.05, 0.1) is 16.8 Å². The number of anilines is 1. The smallest absolute Gasteiger partial charge is 0.254 e. The maximum atomic E-state index is 12.9. The van der Waals surface area contributed by atoms with Crippen LogP contribution in [0.2, 0.25) is 0 Å². The molecule has 0 unspecified atom stereocenters. The molecule has 3 aromatic rings. The van der Waals surface area contributed by atoms with Crippen molar-refractivity contribution in [3.63, 3.8) is 0 Å². The second kappa shape index (κ2) is 7.85. The number of carbonyl (C=O) groups is 3. The molecule has 2 aromatic carbocycles. The Kier molecular flexibility index (Phi) is 5.02. The average molecular weight is 481 g/mol. The first-order chi connectivity index (χ1) is 15.0. The van der Waals surface area contributed by atoms with Gasteiger partial charge in [-0.15, -0.1) is 0 Å². The van der Waals surface area contributed by atoms with E-state index in [1.807, 2.05) is 17.0 Å². The molecule has 8 heteroatoms. The standard InChI is InChI=1S/C23H21BrN4O3/c24-16-6-3-5-13-15-12-28(11-10-18(15)25-21(13)16)20(29)9-8-19-23(31)26-17-7-2-1-4-14(17)22(30)27-19/h1-7,19,25H,8-12H2,(H,26,31)(H,27,30)/t19-/m0/s1. The predicted molar refractivity (Wildman–Crippen MR) is 121 cm³/mol. The molecule has 1 aromatic heterocycles.